The molecule has 1 unspecified atom stereocenters. The molecule has 1 aromatic carbocycles. The number of carbonyl (C=O) groups is 2. The van der Waals surface area contributed by atoms with E-state index in [9.17, 15) is 9.59 Å². The topological polar surface area (TPSA) is 67.8 Å². The van der Waals surface area contributed by atoms with Gasteiger partial charge in [0.25, 0.3) is 0 Å². The lowest BCUT2D eigenvalue weighted by atomic mass is 9.98. The van der Waals surface area contributed by atoms with Gasteiger partial charge >= 0.3 is 6.03 Å². The zero-order valence-corrected chi connectivity index (χ0v) is 8.64. The molecule has 0 spiro atoms. The molecule has 2 rings (SSSR count). The van der Waals surface area contributed by atoms with Crippen LogP contribution < -0.4 is 10.1 Å². The SMILES string of the molecule is COc1ccc(C2C=NC(=O)NC2=O)cc1. The van der Waals surface area contributed by atoms with Gasteiger partial charge in [0.1, 0.15) is 5.75 Å². The Morgan fingerprint density at radius 1 is 1.25 bits per heavy atom. The Hall–Kier alpha value is -2.17. The van der Waals surface area contributed by atoms with Crippen LogP contribution in [0.3, 0.4) is 0 Å². The Balaban J connectivity index is 2.26. The van der Waals surface area contributed by atoms with Gasteiger partial charge in [0.05, 0.1) is 13.0 Å². The van der Waals surface area contributed by atoms with Crippen molar-refractivity contribution < 1.29 is 14.3 Å². The first-order valence-electron chi connectivity index (χ1n) is 4.73. The molecule has 5 nitrogen and oxygen atoms in total. The van der Waals surface area contributed by atoms with Gasteiger partial charge in [0, 0.05) is 6.21 Å². The number of hydrogen-bond acceptors (Lipinski definition) is 3. The lowest BCUT2D eigenvalue weighted by molar-refractivity contribution is -0.120. The van der Waals surface area contributed by atoms with Crippen molar-refractivity contribution in [2.75, 3.05) is 7.11 Å². The lowest BCUT2D eigenvalue weighted by Crippen LogP contribution is -2.37. The number of carbonyl (C=O) groups excluding carboxylic acids is 2. The summed E-state index contributed by atoms with van der Waals surface area (Å²) in [6.07, 6.45) is 1.35. The van der Waals surface area contributed by atoms with Crippen LogP contribution in [-0.2, 0) is 4.79 Å². The highest BCUT2D eigenvalue weighted by atomic mass is 16.5. The molecule has 0 saturated heterocycles. The standard InChI is InChI=1S/C11H10N2O3/c1-16-8-4-2-7(3-5-8)9-6-12-11(15)13-10(9)14/h2-6,9H,1H3,(H,13,14,15). The second-order valence-corrected chi connectivity index (χ2v) is 3.32. The molecule has 1 atom stereocenters. The summed E-state index contributed by atoms with van der Waals surface area (Å²) in [5.41, 5.74) is 0.773. The molecule has 1 heterocycles. The summed E-state index contributed by atoms with van der Waals surface area (Å²) < 4.78 is 5.01. The first-order chi connectivity index (χ1) is 7.70. The number of benzene rings is 1. The monoisotopic (exact) mass is 218 g/mol. The highest BCUT2D eigenvalue weighted by Gasteiger charge is 2.24. The summed E-state index contributed by atoms with van der Waals surface area (Å²) in [5, 5.41) is 2.15. The number of amides is 3. The van der Waals surface area contributed by atoms with Crippen molar-refractivity contribution in [3.63, 3.8) is 0 Å². The fourth-order valence-electron chi connectivity index (χ4n) is 1.47. The van der Waals surface area contributed by atoms with Crippen molar-refractivity contribution in [2.24, 2.45) is 4.99 Å². The first kappa shape index (κ1) is 10.4. The smallest absolute Gasteiger partial charge is 0.347 e. The first-order valence-corrected chi connectivity index (χ1v) is 4.73. The largest absolute Gasteiger partial charge is 0.497 e. The number of nitrogens with one attached hydrogen (secondary N) is 1. The summed E-state index contributed by atoms with van der Waals surface area (Å²) in [7, 11) is 1.57. The molecule has 5 heteroatoms. The van der Waals surface area contributed by atoms with Crippen molar-refractivity contribution in [1.29, 1.82) is 0 Å². The van der Waals surface area contributed by atoms with Crippen LogP contribution in [0.4, 0.5) is 4.79 Å². The Kier molecular flexibility index (Phi) is 2.68. The summed E-state index contributed by atoms with van der Waals surface area (Å²) in [5.74, 6) is -0.151. The van der Waals surface area contributed by atoms with Crippen LogP contribution in [0.5, 0.6) is 5.75 Å². The fourth-order valence-corrected chi connectivity index (χ4v) is 1.47. The lowest BCUT2D eigenvalue weighted by Gasteiger charge is -2.15. The van der Waals surface area contributed by atoms with Crippen LogP contribution in [0.25, 0.3) is 0 Å². The predicted molar refractivity (Wildman–Crippen MR) is 57.8 cm³/mol. The van der Waals surface area contributed by atoms with Gasteiger partial charge in [-0.1, -0.05) is 12.1 Å². The van der Waals surface area contributed by atoms with Gasteiger partial charge in [0.2, 0.25) is 5.91 Å². The van der Waals surface area contributed by atoms with E-state index in [4.69, 9.17) is 4.74 Å². The van der Waals surface area contributed by atoms with E-state index in [2.05, 4.69) is 10.3 Å². The van der Waals surface area contributed by atoms with E-state index in [1.165, 1.54) is 6.21 Å². The minimum Gasteiger partial charge on any atom is -0.497 e. The van der Waals surface area contributed by atoms with Crippen LogP contribution >= 0.6 is 0 Å². The molecule has 0 saturated carbocycles. The van der Waals surface area contributed by atoms with E-state index in [0.29, 0.717) is 5.75 Å². The van der Waals surface area contributed by atoms with Crippen LogP contribution in [0.2, 0.25) is 0 Å². The third-order valence-electron chi connectivity index (χ3n) is 2.33. The molecule has 1 aliphatic rings. The molecule has 0 aromatic heterocycles. The van der Waals surface area contributed by atoms with Gasteiger partial charge in [0.15, 0.2) is 0 Å². The summed E-state index contributed by atoms with van der Waals surface area (Å²) in [6.45, 7) is 0. The third-order valence-corrected chi connectivity index (χ3v) is 2.33. The van der Waals surface area contributed by atoms with Crippen LogP contribution in [0, 0.1) is 0 Å². The normalized spacial score (nSPS) is 19.4. The highest BCUT2D eigenvalue weighted by Crippen LogP contribution is 2.19. The highest BCUT2D eigenvalue weighted by molar-refractivity contribution is 6.12. The fraction of sp³-hybridized carbons (Fsp3) is 0.182. The predicted octanol–water partition coefficient (Wildman–Crippen LogP) is 1.10. The molecule has 0 aliphatic carbocycles. The van der Waals surface area contributed by atoms with E-state index in [1.54, 1.807) is 31.4 Å². The molecule has 0 fully saturated rings. The van der Waals surface area contributed by atoms with E-state index >= 15 is 0 Å². The van der Waals surface area contributed by atoms with E-state index < -0.39 is 11.9 Å². The van der Waals surface area contributed by atoms with Crippen molar-refractivity contribution in [3.05, 3.63) is 29.8 Å². The van der Waals surface area contributed by atoms with Crippen molar-refractivity contribution in [1.82, 2.24) is 5.32 Å². The van der Waals surface area contributed by atoms with Crippen LogP contribution in [0.15, 0.2) is 29.3 Å². The molecule has 16 heavy (non-hydrogen) atoms. The van der Waals surface area contributed by atoms with Crippen molar-refractivity contribution >= 4 is 18.2 Å². The maximum Gasteiger partial charge on any atom is 0.347 e. The third kappa shape index (κ3) is 1.93. The number of rotatable bonds is 2. The molecule has 1 N–H and O–H groups in total. The Morgan fingerprint density at radius 3 is 2.50 bits per heavy atom. The zero-order valence-electron chi connectivity index (χ0n) is 8.64. The Morgan fingerprint density at radius 2 is 1.94 bits per heavy atom. The van der Waals surface area contributed by atoms with Crippen molar-refractivity contribution in [2.45, 2.75) is 5.92 Å². The second kappa shape index (κ2) is 4.14. The number of nitrogens with zero attached hydrogens (tertiary/aromatic N) is 1. The van der Waals surface area contributed by atoms with Gasteiger partial charge in [-0.3, -0.25) is 10.1 Å². The average Bonchev–Trinajstić information content (AvgIpc) is 2.29. The van der Waals surface area contributed by atoms with E-state index in [0.717, 1.165) is 5.56 Å². The average molecular weight is 218 g/mol. The van der Waals surface area contributed by atoms with Crippen molar-refractivity contribution in [3.8, 4) is 5.75 Å². The number of hydrogen-bond donors (Lipinski definition) is 1. The quantitative estimate of drug-likeness (QED) is 0.808. The van der Waals surface area contributed by atoms with Gasteiger partial charge in [-0.15, -0.1) is 0 Å². The molecule has 0 bridgehead atoms. The molecule has 1 aliphatic heterocycles. The Labute approximate surface area is 92.1 Å². The van der Waals surface area contributed by atoms with E-state index in [-0.39, 0.29) is 5.91 Å². The minimum atomic E-state index is -0.616. The number of aliphatic imine (C=N–C) groups is 1. The number of urea groups is 1. The van der Waals surface area contributed by atoms with Gasteiger partial charge < -0.3 is 4.74 Å². The Bertz CT molecular complexity index is 451. The maximum atomic E-state index is 11.5. The molecule has 1 aromatic rings. The second-order valence-electron chi connectivity index (χ2n) is 3.32. The maximum absolute atomic E-state index is 11.5. The molecule has 3 amide bonds. The molecular weight excluding hydrogens is 208 g/mol. The number of imide groups is 1. The van der Waals surface area contributed by atoms with Crippen LogP contribution in [0.1, 0.15) is 11.5 Å². The number of methoxy groups -OCH3 is 1. The molecular formula is C11H10N2O3. The zero-order chi connectivity index (χ0) is 11.5. The summed E-state index contributed by atoms with van der Waals surface area (Å²) >= 11 is 0. The summed E-state index contributed by atoms with van der Waals surface area (Å²) in [4.78, 5) is 25.9. The van der Waals surface area contributed by atoms with Gasteiger partial charge in [-0.2, -0.15) is 0 Å². The minimum absolute atomic E-state index is 0.356. The molecule has 82 valence electrons. The molecule has 0 radical (unpaired) electrons. The van der Waals surface area contributed by atoms with Crippen LogP contribution in [-0.4, -0.2) is 25.3 Å². The summed E-state index contributed by atoms with van der Waals surface area (Å²) in [6, 6.07) is 6.44. The number of ether oxygens (including phenoxy) is 1. The van der Waals surface area contributed by atoms with Gasteiger partial charge in [-0.05, 0) is 17.7 Å². The van der Waals surface area contributed by atoms with Gasteiger partial charge in [-0.25, -0.2) is 9.79 Å². The van der Waals surface area contributed by atoms with E-state index in [1.807, 2.05) is 0 Å².